The van der Waals surface area contributed by atoms with E-state index >= 15 is 0 Å². The Morgan fingerprint density at radius 2 is 1.83 bits per heavy atom. The predicted octanol–water partition coefficient (Wildman–Crippen LogP) is 5.36. The van der Waals surface area contributed by atoms with Gasteiger partial charge >= 0.3 is 0 Å². The number of nitrogens with zero attached hydrogens (tertiary/aromatic N) is 3. The van der Waals surface area contributed by atoms with Crippen LogP contribution < -0.4 is 10.2 Å². The maximum absolute atomic E-state index is 13.4. The van der Waals surface area contributed by atoms with Gasteiger partial charge in [0.15, 0.2) is 0 Å². The van der Waals surface area contributed by atoms with Crippen LogP contribution in [0.1, 0.15) is 38.7 Å². The molecule has 0 aliphatic rings. The number of hydrogen-bond donors (Lipinski definition) is 2. The fourth-order valence-electron chi connectivity index (χ4n) is 4.64. The van der Waals surface area contributed by atoms with Crippen molar-refractivity contribution in [3.63, 3.8) is 0 Å². The third-order valence-corrected chi connectivity index (χ3v) is 6.52. The first-order valence-electron chi connectivity index (χ1n) is 11.8. The number of fused-ring (bicyclic) bond motifs is 1. The summed E-state index contributed by atoms with van der Waals surface area (Å²) in [6.45, 7) is 2.07. The van der Waals surface area contributed by atoms with Gasteiger partial charge in [-0.25, -0.2) is 0 Å². The third-order valence-electron chi connectivity index (χ3n) is 6.52. The summed E-state index contributed by atoms with van der Waals surface area (Å²) in [6, 6.07) is 22.3. The minimum atomic E-state index is -0.332. The summed E-state index contributed by atoms with van der Waals surface area (Å²) in [6.07, 6.45) is 5.58. The number of carbonyl (C=O) groups excluding carboxylic acids is 1. The maximum Gasteiger partial charge on any atom is 0.256 e. The van der Waals surface area contributed by atoms with Crippen molar-refractivity contribution in [2.75, 3.05) is 25.5 Å². The van der Waals surface area contributed by atoms with E-state index in [-0.39, 0.29) is 23.0 Å². The first kappa shape index (κ1) is 23.1. The lowest BCUT2D eigenvalue weighted by atomic mass is 9.90. The summed E-state index contributed by atoms with van der Waals surface area (Å²) in [5.74, 6) is 0.327. The van der Waals surface area contributed by atoms with Crippen LogP contribution in [0.3, 0.4) is 0 Å². The Hall–Kier alpha value is -4.70. The number of nitriles is 1. The van der Waals surface area contributed by atoms with E-state index in [2.05, 4.69) is 51.6 Å². The second-order valence-electron chi connectivity index (χ2n) is 8.95. The highest BCUT2D eigenvalue weighted by Gasteiger charge is 2.26. The molecule has 7 nitrogen and oxygen atoms in total. The zero-order valence-electron chi connectivity index (χ0n) is 20.4. The van der Waals surface area contributed by atoms with Gasteiger partial charge in [0.05, 0.1) is 0 Å². The lowest BCUT2D eigenvalue weighted by molar-refractivity contribution is 0.0950. The number of furan rings is 1. The van der Waals surface area contributed by atoms with E-state index in [1.54, 1.807) is 23.9 Å². The lowest BCUT2D eigenvalue weighted by Gasteiger charge is -2.20. The average molecular weight is 478 g/mol. The normalized spacial score (nSPS) is 11.8. The number of nitrogens with one attached hydrogen (secondary N) is 2. The molecule has 3 heterocycles. The molecule has 0 spiro atoms. The van der Waals surface area contributed by atoms with Crippen molar-refractivity contribution >= 4 is 22.5 Å². The summed E-state index contributed by atoms with van der Waals surface area (Å²) in [5.41, 5.74) is 4.82. The Labute approximate surface area is 209 Å². The molecule has 0 aliphatic heterocycles. The van der Waals surface area contributed by atoms with Crippen LogP contribution in [0.15, 0.2) is 83.7 Å². The van der Waals surface area contributed by atoms with Crippen molar-refractivity contribution in [1.29, 1.82) is 5.26 Å². The van der Waals surface area contributed by atoms with E-state index < -0.39 is 0 Å². The first-order chi connectivity index (χ1) is 17.5. The molecule has 1 amide bonds. The van der Waals surface area contributed by atoms with Crippen LogP contribution >= 0.6 is 0 Å². The van der Waals surface area contributed by atoms with Gasteiger partial charge in [-0.15, -0.1) is 0 Å². The van der Waals surface area contributed by atoms with E-state index in [0.717, 1.165) is 27.7 Å². The molecule has 36 heavy (non-hydrogen) atoms. The summed E-state index contributed by atoms with van der Waals surface area (Å²) < 4.78 is 7.53. The summed E-state index contributed by atoms with van der Waals surface area (Å²) in [5, 5.41) is 14.0. The number of para-hydroxylation sites is 1. The van der Waals surface area contributed by atoms with Crippen LogP contribution in [-0.4, -0.2) is 36.1 Å². The topological polar surface area (TPSA) is 90.0 Å². The number of anilines is 1. The molecule has 5 rings (SSSR count). The molecule has 0 fully saturated rings. The fraction of sp³-hybridized carbons (Fsp3) is 0.172. The summed E-state index contributed by atoms with van der Waals surface area (Å²) >= 11 is 0. The minimum Gasteiger partial charge on any atom is -0.443 e. The number of carbonyl (C=O) groups is 1. The van der Waals surface area contributed by atoms with E-state index in [0.29, 0.717) is 18.2 Å². The Kier molecular flexibility index (Phi) is 6.09. The molecule has 0 saturated heterocycles. The molecule has 0 bridgehead atoms. The number of rotatable bonds is 7. The minimum absolute atomic E-state index is 0.0945. The van der Waals surface area contributed by atoms with Crippen molar-refractivity contribution in [1.82, 2.24) is 14.9 Å². The smallest absolute Gasteiger partial charge is 0.256 e. The van der Waals surface area contributed by atoms with Crippen molar-refractivity contribution in [2.45, 2.75) is 12.8 Å². The summed E-state index contributed by atoms with van der Waals surface area (Å²) in [7, 11) is 4.02. The molecule has 2 N–H and O–H groups in total. The molecule has 5 aromatic rings. The average Bonchev–Trinajstić information content (AvgIpc) is 3.63. The number of aromatic amines is 1. The number of aryl methyl sites for hydroxylation is 1. The van der Waals surface area contributed by atoms with Crippen LogP contribution in [0.25, 0.3) is 16.8 Å². The van der Waals surface area contributed by atoms with Gasteiger partial charge in [-0.05, 0) is 48.4 Å². The number of benzene rings is 2. The van der Waals surface area contributed by atoms with Crippen LogP contribution in [0.5, 0.6) is 0 Å². The predicted molar refractivity (Wildman–Crippen MR) is 141 cm³/mol. The van der Waals surface area contributed by atoms with Gasteiger partial charge in [0, 0.05) is 61.7 Å². The van der Waals surface area contributed by atoms with Gasteiger partial charge in [-0.3, -0.25) is 9.36 Å². The molecule has 3 aromatic heterocycles. The molecule has 0 saturated carbocycles. The van der Waals surface area contributed by atoms with Crippen molar-refractivity contribution in [3.8, 4) is 12.0 Å². The van der Waals surface area contributed by atoms with Gasteiger partial charge in [0.1, 0.15) is 23.0 Å². The molecule has 2 aromatic carbocycles. The largest absolute Gasteiger partial charge is 0.443 e. The van der Waals surface area contributed by atoms with Crippen molar-refractivity contribution < 1.29 is 9.21 Å². The number of amides is 1. The summed E-state index contributed by atoms with van der Waals surface area (Å²) in [4.78, 5) is 18.8. The number of aromatic nitrogens is 2. The second-order valence-corrected chi connectivity index (χ2v) is 8.95. The zero-order valence-corrected chi connectivity index (χ0v) is 20.4. The molecular formula is C29H27N5O2. The van der Waals surface area contributed by atoms with E-state index in [4.69, 9.17) is 4.42 Å². The highest BCUT2D eigenvalue weighted by Crippen LogP contribution is 2.32. The van der Waals surface area contributed by atoms with E-state index in [1.807, 2.05) is 50.6 Å². The Bertz CT molecular complexity index is 1550. The Balaban J connectivity index is 1.48. The monoisotopic (exact) mass is 477 g/mol. The zero-order chi connectivity index (χ0) is 25.2. The number of H-pyrrole nitrogens is 1. The van der Waals surface area contributed by atoms with E-state index in [9.17, 15) is 10.1 Å². The number of hydrogen-bond acceptors (Lipinski definition) is 4. The second kappa shape index (κ2) is 9.51. The lowest BCUT2D eigenvalue weighted by Crippen LogP contribution is -2.29. The van der Waals surface area contributed by atoms with Crippen molar-refractivity contribution in [3.05, 3.63) is 107 Å². The molecule has 1 atom stereocenters. The van der Waals surface area contributed by atoms with Crippen molar-refractivity contribution in [2.24, 2.45) is 0 Å². The van der Waals surface area contributed by atoms with Gasteiger partial charge < -0.3 is 19.6 Å². The van der Waals surface area contributed by atoms with Crippen LogP contribution in [0, 0.1) is 18.3 Å². The van der Waals surface area contributed by atoms with Gasteiger partial charge in [0.25, 0.3) is 5.91 Å². The molecule has 0 aliphatic carbocycles. The van der Waals surface area contributed by atoms with Gasteiger partial charge in [-0.1, -0.05) is 30.3 Å². The van der Waals surface area contributed by atoms with Gasteiger partial charge in [0.2, 0.25) is 5.88 Å². The van der Waals surface area contributed by atoms with Crippen LogP contribution in [-0.2, 0) is 0 Å². The quantitative estimate of drug-likeness (QED) is 0.330. The molecule has 7 heteroatoms. The van der Waals surface area contributed by atoms with Crippen LogP contribution in [0.2, 0.25) is 0 Å². The third kappa shape index (κ3) is 4.14. The van der Waals surface area contributed by atoms with E-state index in [1.165, 1.54) is 0 Å². The molecule has 180 valence electrons. The fourth-order valence-corrected chi connectivity index (χ4v) is 4.64. The Morgan fingerprint density at radius 3 is 2.53 bits per heavy atom. The highest BCUT2D eigenvalue weighted by atomic mass is 16.4. The molecule has 0 radical (unpaired) electrons. The molecular weight excluding hydrogens is 450 g/mol. The van der Waals surface area contributed by atoms with Crippen LogP contribution in [0.4, 0.5) is 5.69 Å². The molecule has 1 unspecified atom stereocenters. The maximum atomic E-state index is 13.4. The SMILES string of the molecule is Cc1oc(-n2cccc2)c(C#N)c1C(=O)NCC(c1ccc(N(C)C)cc1)c1c[nH]c2ccccc12. The standard InChI is InChI=1S/C29H27N5O2/c1-19-27(23(16-30)29(36-19)34-14-6-7-15-34)28(35)32-17-24(20-10-12-21(13-11-20)33(2)3)25-18-31-26-9-5-4-8-22(25)26/h4-15,18,24,31H,17H2,1-3H3,(H,32,35). The highest BCUT2D eigenvalue weighted by molar-refractivity contribution is 5.98. The Morgan fingerprint density at radius 1 is 1.11 bits per heavy atom. The first-order valence-corrected chi connectivity index (χ1v) is 11.8. The van der Waals surface area contributed by atoms with Gasteiger partial charge in [-0.2, -0.15) is 5.26 Å².